The van der Waals surface area contributed by atoms with E-state index in [1.54, 1.807) is 12.1 Å². The number of hydrogen-bond donors (Lipinski definition) is 1. The predicted octanol–water partition coefficient (Wildman–Crippen LogP) is 1.68. The molecule has 0 saturated carbocycles. The molecule has 0 aliphatic heterocycles. The van der Waals surface area contributed by atoms with Gasteiger partial charge in [-0.05, 0) is 23.8 Å². The third kappa shape index (κ3) is 2.94. The van der Waals surface area contributed by atoms with Gasteiger partial charge >= 0.3 is 0 Å². The Morgan fingerprint density at radius 2 is 2.33 bits per heavy atom. The zero-order valence-electron chi connectivity index (χ0n) is 8.79. The highest BCUT2D eigenvalue weighted by Gasteiger charge is 2.11. The Balaban J connectivity index is 2.85. The van der Waals surface area contributed by atoms with Crippen molar-refractivity contribution in [2.75, 3.05) is 13.7 Å². The lowest BCUT2D eigenvalue weighted by Gasteiger charge is -2.13. The van der Waals surface area contributed by atoms with Gasteiger partial charge in [-0.1, -0.05) is 6.92 Å². The average Bonchev–Trinajstić information content (AvgIpc) is 2.26. The van der Waals surface area contributed by atoms with Crippen molar-refractivity contribution < 1.29 is 13.9 Å². The highest BCUT2D eigenvalue weighted by atomic mass is 19.1. The molecule has 82 valence electrons. The molecule has 4 heteroatoms. The van der Waals surface area contributed by atoms with Gasteiger partial charge in [-0.2, -0.15) is 0 Å². The van der Waals surface area contributed by atoms with Crippen molar-refractivity contribution >= 4 is 6.41 Å². The van der Waals surface area contributed by atoms with Gasteiger partial charge in [-0.15, -0.1) is 0 Å². The standard InChI is InChI=1S/C11H14FNO2/c1-8(6-13-7-14)10-5-9(15-2)3-4-11(10)12/h3-5,7-8H,6H2,1-2H3,(H,13,14). The lowest BCUT2D eigenvalue weighted by molar-refractivity contribution is -0.109. The SMILES string of the molecule is COc1ccc(F)c(C(C)CNC=O)c1. The molecule has 0 aliphatic carbocycles. The summed E-state index contributed by atoms with van der Waals surface area (Å²) in [6.45, 7) is 2.25. The highest BCUT2D eigenvalue weighted by Crippen LogP contribution is 2.23. The topological polar surface area (TPSA) is 38.3 Å². The van der Waals surface area contributed by atoms with Crippen LogP contribution in [0.4, 0.5) is 4.39 Å². The van der Waals surface area contributed by atoms with E-state index in [9.17, 15) is 9.18 Å². The third-order valence-electron chi connectivity index (χ3n) is 2.24. The van der Waals surface area contributed by atoms with Crippen LogP contribution >= 0.6 is 0 Å². The summed E-state index contributed by atoms with van der Waals surface area (Å²) in [5.41, 5.74) is 0.545. The molecule has 0 aliphatic rings. The van der Waals surface area contributed by atoms with Crippen LogP contribution in [0.2, 0.25) is 0 Å². The van der Waals surface area contributed by atoms with Crippen LogP contribution in [0.3, 0.4) is 0 Å². The molecule has 0 spiro atoms. The van der Waals surface area contributed by atoms with Gasteiger partial charge in [0.25, 0.3) is 0 Å². The molecular weight excluding hydrogens is 197 g/mol. The van der Waals surface area contributed by atoms with E-state index in [1.807, 2.05) is 6.92 Å². The van der Waals surface area contributed by atoms with Crippen molar-refractivity contribution in [1.82, 2.24) is 5.32 Å². The Morgan fingerprint density at radius 3 is 2.93 bits per heavy atom. The Bertz CT molecular complexity index is 341. The molecule has 1 amide bonds. The summed E-state index contributed by atoms with van der Waals surface area (Å²) < 4.78 is 18.4. The predicted molar refractivity (Wildman–Crippen MR) is 55.4 cm³/mol. The Hall–Kier alpha value is -1.58. The lowest BCUT2D eigenvalue weighted by Crippen LogP contribution is -2.18. The van der Waals surface area contributed by atoms with Gasteiger partial charge in [0.1, 0.15) is 11.6 Å². The van der Waals surface area contributed by atoms with Crippen LogP contribution in [0.5, 0.6) is 5.75 Å². The minimum absolute atomic E-state index is 0.0784. The molecular formula is C11H14FNO2. The van der Waals surface area contributed by atoms with Crippen molar-refractivity contribution in [1.29, 1.82) is 0 Å². The quantitative estimate of drug-likeness (QED) is 0.752. The summed E-state index contributed by atoms with van der Waals surface area (Å²) >= 11 is 0. The van der Waals surface area contributed by atoms with E-state index < -0.39 is 0 Å². The van der Waals surface area contributed by atoms with Crippen molar-refractivity contribution in [3.63, 3.8) is 0 Å². The van der Waals surface area contributed by atoms with Gasteiger partial charge in [-0.3, -0.25) is 4.79 Å². The molecule has 1 aromatic carbocycles. The Morgan fingerprint density at radius 1 is 1.60 bits per heavy atom. The van der Waals surface area contributed by atoms with E-state index in [1.165, 1.54) is 13.2 Å². The second-order valence-electron chi connectivity index (χ2n) is 3.31. The van der Waals surface area contributed by atoms with Crippen molar-refractivity contribution in [2.24, 2.45) is 0 Å². The van der Waals surface area contributed by atoms with Crippen LogP contribution < -0.4 is 10.1 Å². The molecule has 1 N–H and O–H groups in total. The zero-order valence-corrected chi connectivity index (χ0v) is 8.79. The number of nitrogens with one attached hydrogen (secondary N) is 1. The number of carbonyl (C=O) groups is 1. The first-order valence-corrected chi connectivity index (χ1v) is 4.69. The average molecular weight is 211 g/mol. The molecule has 0 aromatic heterocycles. The largest absolute Gasteiger partial charge is 0.497 e. The van der Waals surface area contributed by atoms with E-state index in [-0.39, 0.29) is 11.7 Å². The monoisotopic (exact) mass is 211 g/mol. The minimum Gasteiger partial charge on any atom is -0.497 e. The van der Waals surface area contributed by atoms with E-state index in [2.05, 4.69) is 5.32 Å². The second kappa shape index (κ2) is 5.34. The first-order valence-electron chi connectivity index (χ1n) is 4.69. The molecule has 15 heavy (non-hydrogen) atoms. The van der Waals surface area contributed by atoms with Gasteiger partial charge < -0.3 is 10.1 Å². The fourth-order valence-electron chi connectivity index (χ4n) is 1.36. The number of ether oxygens (including phenoxy) is 1. The summed E-state index contributed by atoms with van der Waals surface area (Å²) in [4.78, 5) is 10.1. The number of rotatable bonds is 5. The van der Waals surface area contributed by atoms with E-state index in [0.717, 1.165) is 0 Å². The van der Waals surface area contributed by atoms with Crippen LogP contribution in [0, 0.1) is 5.82 Å². The molecule has 0 saturated heterocycles. The Labute approximate surface area is 88.2 Å². The van der Waals surface area contributed by atoms with Crippen LogP contribution in [-0.4, -0.2) is 20.1 Å². The molecule has 3 nitrogen and oxygen atoms in total. The third-order valence-corrected chi connectivity index (χ3v) is 2.24. The van der Waals surface area contributed by atoms with Crippen molar-refractivity contribution in [3.05, 3.63) is 29.6 Å². The number of methoxy groups -OCH3 is 1. The Kier molecular flexibility index (Phi) is 4.09. The summed E-state index contributed by atoms with van der Waals surface area (Å²) in [6, 6.07) is 4.58. The van der Waals surface area contributed by atoms with Crippen molar-refractivity contribution in [2.45, 2.75) is 12.8 Å². The molecule has 1 unspecified atom stereocenters. The summed E-state index contributed by atoms with van der Waals surface area (Å²) in [5, 5.41) is 2.52. The lowest BCUT2D eigenvalue weighted by atomic mass is 10.0. The smallest absolute Gasteiger partial charge is 0.207 e. The van der Waals surface area contributed by atoms with E-state index >= 15 is 0 Å². The number of halogens is 1. The molecule has 1 aromatic rings. The maximum absolute atomic E-state index is 13.4. The number of carbonyl (C=O) groups excluding carboxylic acids is 1. The molecule has 0 bridgehead atoms. The summed E-state index contributed by atoms with van der Waals surface area (Å²) in [5.74, 6) is 0.255. The van der Waals surface area contributed by atoms with Gasteiger partial charge in [-0.25, -0.2) is 4.39 Å². The van der Waals surface area contributed by atoms with Crippen LogP contribution in [-0.2, 0) is 4.79 Å². The highest BCUT2D eigenvalue weighted by molar-refractivity contribution is 5.46. The molecule has 0 radical (unpaired) electrons. The molecule has 0 fully saturated rings. The maximum atomic E-state index is 13.4. The maximum Gasteiger partial charge on any atom is 0.207 e. The normalized spacial score (nSPS) is 11.9. The fourth-order valence-corrected chi connectivity index (χ4v) is 1.36. The first kappa shape index (κ1) is 11.5. The zero-order chi connectivity index (χ0) is 11.3. The van der Waals surface area contributed by atoms with Gasteiger partial charge in [0.2, 0.25) is 6.41 Å². The fraction of sp³-hybridized carbons (Fsp3) is 0.364. The number of benzene rings is 1. The van der Waals surface area contributed by atoms with E-state index in [0.29, 0.717) is 24.3 Å². The first-order chi connectivity index (χ1) is 7.19. The van der Waals surface area contributed by atoms with Crippen LogP contribution in [0.15, 0.2) is 18.2 Å². The van der Waals surface area contributed by atoms with Crippen LogP contribution in [0.1, 0.15) is 18.4 Å². The van der Waals surface area contributed by atoms with E-state index in [4.69, 9.17) is 4.74 Å². The summed E-state index contributed by atoms with van der Waals surface area (Å²) in [6.07, 6.45) is 0.606. The molecule has 1 rings (SSSR count). The van der Waals surface area contributed by atoms with Crippen molar-refractivity contribution in [3.8, 4) is 5.75 Å². The number of amides is 1. The number of hydrogen-bond acceptors (Lipinski definition) is 2. The van der Waals surface area contributed by atoms with Gasteiger partial charge in [0.05, 0.1) is 7.11 Å². The van der Waals surface area contributed by atoms with Gasteiger partial charge in [0, 0.05) is 12.5 Å². The van der Waals surface area contributed by atoms with Crippen LogP contribution in [0.25, 0.3) is 0 Å². The second-order valence-corrected chi connectivity index (χ2v) is 3.31. The summed E-state index contributed by atoms with van der Waals surface area (Å²) in [7, 11) is 1.53. The molecule has 0 heterocycles. The molecule has 1 atom stereocenters. The van der Waals surface area contributed by atoms with Gasteiger partial charge in [0.15, 0.2) is 0 Å². The minimum atomic E-state index is -0.281.